The predicted octanol–water partition coefficient (Wildman–Crippen LogP) is 5.21. The number of aryl methyl sites for hydroxylation is 1. The summed E-state index contributed by atoms with van der Waals surface area (Å²) in [7, 11) is 0. The van der Waals surface area contributed by atoms with Gasteiger partial charge < -0.3 is 0 Å². The molecule has 0 aliphatic carbocycles. The molecule has 74 valence electrons. The third-order valence-electron chi connectivity index (χ3n) is 1.99. The molecular weight excluding hydrogens is 300 g/mol. The van der Waals surface area contributed by atoms with E-state index in [0.29, 0.717) is 0 Å². The molecule has 0 aliphatic rings. The van der Waals surface area contributed by atoms with Crippen LogP contribution in [-0.2, 0) is 0 Å². The fourth-order valence-corrected chi connectivity index (χ4v) is 4.28. The maximum absolute atomic E-state index is 6.39. The van der Waals surface area contributed by atoms with Crippen molar-refractivity contribution in [3.8, 4) is 0 Å². The Hall–Kier alpha value is 0.170. The van der Waals surface area contributed by atoms with E-state index in [-0.39, 0.29) is 5.38 Å². The van der Waals surface area contributed by atoms with E-state index in [4.69, 9.17) is 11.6 Å². The Morgan fingerprint density at radius 2 is 2.29 bits per heavy atom. The van der Waals surface area contributed by atoms with Gasteiger partial charge in [0.2, 0.25) is 0 Å². The van der Waals surface area contributed by atoms with Gasteiger partial charge in [-0.1, -0.05) is 6.07 Å². The highest BCUT2D eigenvalue weighted by Gasteiger charge is 2.16. The number of halogens is 2. The molecule has 0 aromatic carbocycles. The second-order valence-corrected chi connectivity index (χ2v) is 6.99. The molecule has 2 rings (SSSR count). The highest BCUT2D eigenvalue weighted by atomic mass is 79.9. The molecule has 2 heterocycles. The van der Waals surface area contributed by atoms with E-state index >= 15 is 0 Å². The Morgan fingerprint density at radius 1 is 1.50 bits per heavy atom. The lowest BCUT2D eigenvalue weighted by Gasteiger charge is -2.05. The molecule has 0 N–H and O–H groups in total. The Bertz CT molecular complexity index is 419. The van der Waals surface area contributed by atoms with Gasteiger partial charge in [-0.25, -0.2) is 0 Å². The van der Waals surface area contributed by atoms with Crippen LogP contribution in [0.25, 0.3) is 0 Å². The Morgan fingerprint density at radius 3 is 2.79 bits per heavy atom. The summed E-state index contributed by atoms with van der Waals surface area (Å²) in [4.78, 5) is 2.49. The molecule has 2 aromatic rings. The fraction of sp³-hybridized carbons (Fsp3) is 0.200. The van der Waals surface area contributed by atoms with E-state index in [1.54, 1.807) is 22.7 Å². The topological polar surface area (TPSA) is 0 Å². The van der Waals surface area contributed by atoms with Gasteiger partial charge in [0.15, 0.2) is 0 Å². The van der Waals surface area contributed by atoms with Gasteiger partial charge in [-0.2, -0.15) is 0 Å². The van der Waals surface area contributed by atoms with E-state index in [0.717, 1.165) is 3.79 Å². The van der Waals surface area contributed by atoms with Crippen LogP contribution < -0.4 is 0 Å². The quantitative estimate of drug-likeness (QED) is 0.668. The lowest BCUT2D eigenvalue weighted by Crippen LogP contribution is -1.88. The summed E-state index contributed by atoms with van der Waals surface area (Å²) in [5, 5.41) is 2.05. The highest BCUT2D eigenvalue weighted by molar-refractivity contribution is 9.11. The third kappa shape index (κ3) is 2.06. The van der Waals surface area contributed by atoms with Crippen LogP contribution in [0.15, 0.2) is 27.4 Å². The Balaban J connectivity index is 2.36. The maximum atomic E-state index is 6.39. The van der Waals surface area contributed by atoms with E-state index in [1.165, 1.54) is 15.3 Å². The number of rotatable bonds is 2. The molecule has 0 saturated heterocycles. The highest BCUT2D eigenvalue weighted by Crippen LogP contribution is 2.38. The SMILES string of the molecule is Cc1sc(Br)cc1C(Cl)c1cccs1. The van der Waals surface area contributed by atoms with Crippen LogP contribution in [0.4, 0.5) is 0 Å². The molecule has 0 saturated carbocycles. The van der Waals surface area contributed by atoms with Gasteiger partial charge in [-0.05, 0) is 45.9 Å². The first-order chi connectivity index (χ1) is 6.68. The van der Waals surface area contributed by atoms with Gasteiger partial charge in [-0.3, -0.25) is 0 Å². The molecule has 0 fully saturated rings. The zero-order chi connectivity index (χ0) is 10.1. The van der Waals surface area contributed by atoms with Crippen LogP contribution in [0.2, 0.25) is 0 Å². The summed E-state index contributed by atoms with van der Waals surface area (Å²) >= 11 is 13.3. The number of hydrogen-bond donors (Lipinski definition) is 0. The van der Waals surface area contributed by atoms with Crippen LogP contribution in [0, 0.1) is 6.92 Å². The molecule has 1 unspecified atom stereocenters. The molecule has 1 atom stereocenters. The molecule has 0 aliphatic heterocycles. The first-order valence-electron chi connectivity index (χ1n) is 4.12. The van der Waals surface area contributed by atoms with Gasteiger partial charge in [0.05, 0.1) is 9.16 Å². The minimum Gasteiger partial charge on any atom is -0.147 e. The number of hydrogen-bond acceptors (Lipinski definition) is 2. The van der Waals surface area contributed by atoms with Crippen molar-refractivity contribution in [1.82, 2.24) is 0 Å². The smallest absolute Gasteiger partial charge is 0.0938 e. The van der Waals surface area contributed by atoms with Crippen molar-refractivity contribution in [2.75, 3.05) is 0 Å². The first-order valence-corrected chi connectivity index (χ1v) is 7.04. The van der Waals surface area contributed by atoms with Crippen LogP contribution in [0.1, 0.15) is 20.7 Å². The van der Waals surface area contributed by atoms with Gasteiger partial charge in [0.1, 0.15) is 0 Å². The Labute approximate surface area is 105 Å². The van der Waals surface area contributed by atoms with Crippen LogP contribution in [0.3, 0.4) is 0 Å². The van der Waals surface area contributed by atoms with Crippen molar-refractivity contribution in [2.45, 2.75) is 12.3 Å². The fourth-order valence-electron chi connectivity index (χ4n) is 1.30. The molecule has 4 heteroatoms. The van der Waals surface area contributed by atoms with E-state index < -0.39 is 0 Å². The van der Waals surface area contributed by atoms with Crippen LogP contribution >= 0.6 is 50.2 Å². The summed E-state index contributed by atoms with van der Waals surface area (Å²) in [6.45, 7) is 2.10. The summed E-state index contributed by atoms with van der Waals surface area (Å²) in [6.07, 6.45) is 0. The van der Waals surface area contributed by atoms with Crippen molar-refractivity contribution in [1.29, 1.82) is 0 Å². The third-order valence-corrected chi connectivity index (χ3v) is 5.10. The van der Waals surface area contributed by atoms with E-state index in [1.807, 2.05) is 6.07 Å². The zero-order valence-corrected chi connectivity index (χ0v) is 11.4. The van der Waals surface area contributed by atoms with Crippen molar-refractivity contribution in [3.05, 3.63) is 42.7 Å². The van der Waals surface area contributed by atoms with Gasteiger partial charge in [0, 0.05) is 9.75 Å². The molecule has 0 radical (unpaired) electrons. The number of thiophene rings is 2. The molecule has 14 heavy (non-hydrogen) atoms. The zero-order valence-electron chi connectivity index (χ0n) is 7.46. The summed E-state index contributed by atoms with van der Waals surface area (Å²) < 4.78 is 1.15. The van der Waals surface area contributed by atoms with Crippen LogP contribution in [0.5, 0.6) is 0 Å². The molecule has 0 amide bonds. The van der Waals surface area contributed by atoms with Crippen molar-refractivity contribution < 1.29 is 0 Å². The maximum Gasteiger partial charge on any atom is 0.0938 e. The average Bonchev–Trinajstić information content (AvgIpc) is 2.73. The van der Waals surface area contributed by atoms with Gasteiger partial charge in [-0.15, -0.1) is 34.3 Å². The van der Waals surface area contributed by atoms with Crippen molar-refractivity contribution >= 4 is 50.2 Å². The van der Waals surface area contributed by atoms with Crippen molar-refractivity contribution in [2.24, 2.45) is 0 Å². The summed E-state index contributed by atoms with van der Waals surface area (Å²) in [6, 6.07) is 6.22. The lowest BCUT2D eigenvalue weighted by molar-refractivity contribution is 1.18. The molecule has 0 bridgehead atoms. The number of alkyl halides is 1. The average molecular weight is 308 g/mol. The molecule has 0 spiro atoms. The summed E-state index contributed by atoms with van der Waals surface area (Å²) in [5.74, 6) is 0. The lowest BCUT2D eigenvalue weighted by atomic mass is 10.1. The Kier molecular flexibility index (Phi) is 3.32. The largest absolute Gasteiger partial charge is 0.147 e. The summed E-state index contributed by atoms with van der Waals surface area (Å²) in [5.41, 5.74) is 1.21. The first kappa shape index (κ1) is 10.7. The second-order valence-electron chi connectivity index (χ2n) is 2.94. The molecule has 0 nitrogen and oxygen atoms in total. The standard InChI is InChI=1S/C10H8BrClS2/c1-6-7(5-9(11)14-6)10(12)8-3-2-4-13-8/h2-5,10H,1H3. The van der Waals surface area contributed by atoms with Gasteiger partial charge >= 0.3 is 0 Å². The van der Waals surface area contributed by atoms with E-state index in [9.17, 15) is 0 Å². The molecular formula is C10H8BrClS2. The monoisotopic (exact) mass is 306 g/mol. The second kappa shape index (κ2) is 4.35. The minimum absolute atomic E-state index is 0.00227. The normalized spacial score (nSPS) is 13.1. The minimum atomic E-state index is -0.00227. The van der Waals surface area contributed by atoms with Gasteiger partial charge in [0.25, 0.3) is 0 Å². The van der Waals surface area contributed by atoms with Crippen LogP contribution in [-0.4, -0.2) is 0 Å². The molecule has 2 aromatic heterocycles. The predicted molar refractivity (Wildman–Crippen MR) is 68.8 cm³/mol. The van der Waals surface area contributed by atoms with Crippen molar-refractivity contribution in [3.63, 3.8) is 0 Å². The van der Waals surface area contributed by atoms with E-state index in [2.05, 4.69) is 40.4 Å².